The molecule has 0 aromatic rings. The zero-order chi connectivity index (χ0) is 25.7. The van der Waals surface area contributed by atoms with E-state index in [1.807, 2.05) is 20.8 Å². The highest BCUT2D eigenvalue weighted by Gasteiger charge is 2.65. The quantitative estimate of drug-likeness (QED) is 0.194. The van der Waals surface area contributed by atoms with E-state index in [1.165, 1.54) is 5.71 Å². The Labute approximate surface area is 217 Å². The minimum absolute atomic E-state index is 0.0571. The van der Waals surface area contributed by atoms with Gasteiger partial charge in [-0.25, -0.2) is 4.58 Å². The highest BCUT2D eigenvalue weighted by molar-refractivity contribution is 9.09. The minimum atomic E-state index is -2.04. The second kappa shape index (κ2) is 9.90. The van der Waals surface area contributed by atoms with Crippen LogP contribution in [0.4, 0.5) is 0 Å². The molecule has 0 bridgehead atoms. The largest absolute Gasteiger partial charge is 0.465 e. The molecule has 196 valence electrons. The van der Waals surface area contributed by atoms with E-state index >= 15 is 0 Å². The number of carbonyl (C=O) groups excluding carboxylic acids is 1. The van der Waals surface area contributed by atoms with Crippen LogP contribution in [-0.2, 0) is 14.0 Å². The summed E-state index contributed by atoms with van der Waals surface area (Å²) >= 11 is 3.77. The Bertz CT molecular complexity index is 799. The average molecular weight is 560 g/mol. The van der Waals surface area contributed by atoms with Crippen molar-refractivity contribution in [3.05, 3.63) is 0 Å². The van der Waals surface area contributed by atoms with Gasteiger partial charge in [0.05, 0.1) is 35.0 Å². The van der Waals surface area contributed by atoms with Gasteiger partial charge in [-0.15, -0.1) is 0 Å². The molecule has 0 aromatic carbocycles. The van der Waals surface area contributed by atoms with Crippen LogP contribution in [0.1, 0.15) is 80.6 Å². The van der Waals surface area contributed by atoms with Gasteiger partial charge in [0.15, 0.2) is 20.1 Å². The molecule has 0 unspecified atom stereocenters. The number of fused-ring (bicyclic) bond motifs is 1. The molecule has 3 aliphatic rings. The predicted octanol–water partition coefficient (Wildman–Crippen LogP) is 5.77. The van der Waals surface area contributed by atoms with Crippen LogP contribution in [0.15, 0.2) is 0 Å². The van der Waals surface area contributed by atoms with Crippen LogP contribution in [0, 0.1) is 22.7 Å². The fourth-order valence-corrected chi connectivity index (χ4v) is 8.32. The van der Waals surface area contributed by atoms with E-state index in [1.54, 1.807) is 0 Å². The lowest BCUT2D eigenvalue weighted by atomic mass is 9.56. The maximum Gasteiger partial charge on any atom is 0.311 e. The molecule has 0 saturated heterocycles. The van der Waals surface area contributed by atoms with Crippen LogP contribution in [0.2, 0.25) is 18.1 Å². The van der Waals surface area contributed by atoms with Crippen molar-refractivity contribution in [1.29, 1.82) is 0 Å². The zero-order valence-corrected chi connectivity index (χ0v) is 25.6. The molecule has 1 aliphatic carbocycles. The Kier molecular flexibility index (Phi) is 8.25. The normalized spacial score (nSPS) is 34.6. The SMILES string of the molecule is C[C@H]1C[C@H](O)[C@@]2(C[C@H](CBr)[N+]3=C2CCC3)[C@H](CCOC(=O)C(C)(C)C)[C@H]1O[Si](C)(C)C(C)(C)C. The lowest BCUT2D eigenvalue weighted by Crippen LogP contribution is -2.60. The van der Waals surface area contributed by atoms with Crippen molar-refractivity contribution in [2.75, 3.05) is 18.5 Å². The van der Waals surface area contributed by atoms with Gasteiger partial charge in [-0.05, 0) is 57.7 Å². The fraction of sp³-hybridized carbons (Fsp3) is 0.926. The van der Waals surface area contributed by atoms with Gasteiger partial charge < -0.3 is 14.3 Å². The van der Waals surface area contributed by atoms with Crippen molar-refractivity contribution in [2.24, 2.45) is 22.7 Å². The van der Waals surface area contributed by atoms with E-state index in [0.29, 0.717) is 12.6 Å². The molecule has 1 N–H and O–H groups in total. The number of nitrogens with zero attached hydrogens (tertiary/aromatic N) is 1. The highest BCUT2D eigenvalue weighted by atomic mass is 79.9. The first-order valence-electron chi connectivity index (χ1n) is 13.3. The van der Waals surface area contributed by atoms with Gasteiger partial charge in [-0.1, -0.05) is 43.6 Å². The maximum atomic E-state index is 12.6. The number of hydrogen-bond acceptors (Lipinski definition) is 4. The summed E-state index contributed by atoms with van der Waals surface area (Å²) in [6.07, 6.45) is 4.34. The van der Waals surface area contributed by atoms with Crippen molar-refractivity contribution in [1.82, 2.24) is 0 Å². The monoisotopic (exact) mass is 558 g/mol. The first-order chi connectivity index (χ1) is 15.6. The molecule has 0 radical (unpaired) electrons. The number of ether oxygens (including phenoxy) is 1. The number of hydrogen-bond donors (Lipinski definition) is 1. The molecular formula is C27H49BrNO4Si+. The van der Waals surface area contributed by atoms with Gasteiger partial charge >= 0.3 is 5.97 Å². The summed E-state index contributed by atoms with van der Waals surface area (Å²) in [5, 5.41) is 12.8. The van der Waals surface area contributed by atoms with E-state index < -0.39 is 13.7 Å². The van der Waals surface area contributed by atoms with Crippen LogP contribution in [0.3, 0.4) is 0 Å². The minimum Gasteiger partial charge on any atom is -0.465 e. The van der Waals surface area contributed by atoms with Crippen molar-refractivity contribution >= 4 is 35.9 Å². The average Bonchev–Trinajstić information content (AvgIpc) is 3.29. The van der Waals surface area contributed by atoms with Crippen LogP contribution in [0.25, 0.3) is 0 Å². The molecule has 1 spiro atoms. The number of esters is 1. The molecule has 0 aromatic heterocycles. The Morgan fingerprint density at radius 2 is 1.88 bits per heavy atom. The van der Waals surface area contributed by atoms with E-state index in [9.17, 15) is 9.90 Å². The summed E-state index contributed by atoms with van der Waals surface area (Å²) in [7, 11) is -2.04. The number of aliphatic hydroxyl groups excluding tert-OH is 1. The third kappa shape index (κ3) is 5.10. The van der Waals surface area contributed by atoms with Crippen molar-refractivity contribution < 1.29 is 23.6 Å². The van der Waals surface area contributed by atoms with E-state index in [4.69, 9.17) is 9.16 Å². The van der Waals surface area contributed by atoms with Crippen LogP contribution in [0.5, 0.6) is 0 Å². The molecule has 3 rings (SSSR count). The summed E-state index contributed by atoms with van der Waals surface area (Å²) in [5.74, 6) is 0.233. The Morgan fingerprint density at radius 1 is 1.24 bits per heavy atom. The summed E-state index contributed by atoms with van der Waals surface area (Å²) in [4.78, 5) is 12.6. The Morgan fingerprint density at radius 3 is 2.44 bits per heavy atom. The van der Waals surface area contributed by atoms with Gasteiger partial charge in [0, 0.05) is 25.2 Å². The van der Waals surface area contributed by atoms with Crippen molar-refractivity contribution in [3.8, 4) is 0 Å². The Balaban J connectivity index is 2.00. The van der Waals surface area contributed by atoms with E-state index in [-0.39, 0.29) is 40.5 Å². The summed E-state index contributed by atoms with van der Waals surface area (Å²) in [5.41, 5.74) is 0.634. The van der Waals surface area contributed by atoms with Gasteiger partial charge in [0.1, 0.15) is 6.54 Å². The van der Waals surface area contributed by atoms with Gasteiger partial charge in [-0.2, -0.15) is 0 Å². The second-order valence-corrected chi connectivity index (χ2v) is 19.1. The lowest BCUT2D eigenvalue weighted by Gasteiger charge is -2.53. The molecule has 2 heterocycles. The van der Waals surface area contributed by atoms with E-state index in [0.717, 1.165) is 44.0 Å². The molecule has 0 amide bonds. The molecule has 2 aliphatic heterocycles. The number of halogens is 1. The van der Waals surface area contributed by atoms with Crippen molar-refractivity contribution in [2.45, 2.75) is 117 Å². The van der Waals surface area contributed by atoms with Crippen LogP contribution in [-0.4, -0.2) is 66.4 Å². The predicted molar refractivity (Wildman–Crippen MR) is 144 cm³/mol. The first kappa shape index (κ1) is 28.3. The summed E-state index contributed by atoms with van der Waals surface area (Å²) in [6.45, 7) is 20.9. The smallest absolute Gasteiger partial charge is 0.311 e. The number of aliphatic hydroxyl groups is 1. The molecule has 7 heteroatoms. The summed E-state index contributed by atoms with van der Waals surface area (Å²) < 4.78 is 15.6. The van der Waals surface area contributed by atoms with Crippen LogP contribution < -0.4 is 0 Å². The topological polar surface area (TPSA) is 58.8 Å². The summed E-state index contributed by atoms with van der Waals surface area (Å²) in [6, 6.07) is 0.411. The molecule has 6 atom stereocenters. The number of carbonyl (C=O) groups is 1. The first-order valence-corrected chi connectivity index (χ1v) is 17.3. The van der Waals surface area contributed by atoms with E-state index in [2.05, 4.69) is 61.3 Å². The molecular weight excluding hydrogens is 510 g/mol. The zero-order valence-electron chi connectivity index (χ0n) is 23.0. The van der Waals surface area contributed by atoms with Crippen LogP contribution >= 0.6 is 15.9 Å². The highest BCUT2D eigenvalue weighted by Crippen LogP contribution is 2.56. The fourth-order valence-electron chi connectivity index (χ4n) is 6.31. The lowest BCUT2D eigenvalue weighted by molar-refractivity contribution is -0.545. The molecule has 5 nitrogen and oxygen atoms in total. The molecule has 1 fully saturated rings. The van der Waals surface area contributed by atoms with Gasteiger partial charge in [-0.3, -0.25) is 4.79 Å². The number of rotatable bonds is 6. The van der Waals surface area contributed by atoms with Crippen molar-refractivity contribution in [3.63, 3.8) is 0 Å². The number of alkyl halides is 1. The van der Waals surface area contributed by atoms with Gasteiger partial charge in [0.2, 0.25) is 0 Å². The maximum absolute atomic E-state index is 12.6. The third-order valence-corrected chi connectivity index (χ3v) is 14.4. The third-order valence-electron chi connectivity index (χ3n) is 9.21. The standard InChI is InChI=1S/C27H49BrNO4Si/c1-18-15-22(30)27(16-19(17-28)29-13-10-11-21(27)29)20(12-14-32-24(31)25(2,3)4)23(18)33-34(8,9)26(5,6)7/h18-20,22-23,30H,10-17H2,1-9H3/q+1/t18-,19+,20+,22-,23-,27-/m0/s1. The molecule has 34 heavy (non-hydrogen) atoms. The second-order valence-electron chi connectivity index (χ2n) is 13.6. The van der Waals surface area contributed by atoms with Gasteiger partial charge in [0.25, 0.3) is 0 Å². The molecule has 1 saturated carbocycles. The Hall–Kier alpha value is -0.243.